The summed E-state index contributed by atoms with van der Waals surface area (Å²) in [6.45, 7) is 6.50. The number of rotatable bonds is 3. The van der Waals surface area contributed by atoms with Crippen molar-refractivity contribution in [3.8, 4) is 6.07 Å². The van der Waals surface area contributed by atoms with E-state index in [0.717, 1.165) is 0 Å². The van der Waals surface area contributed by atoms with Crippen LogP contribution in [0.1, 0.15) is 42.5 Å². The molecule has 0 spiro atoms. The first-order valence-corrected chi connectivity index (χ1v) is 6.08. The highest BCUT2D eigenvalue weighted by atomic mass is 16.4. The Balaban J connectivity index is 3.16. The van der Waals surface area contributed by atoms with Crippen molar-refractivity contribution in [2.75, 3.05) is 6.54 Å². The molecule has 1 rings (SSSR count). The molecule has 20 heavy (non-hydrogen) atoms. The summed E-state index contributed by atoms with van der Waals surface area (Å²) in [7, 11) is 0. The second-order valence-corrected chi connectivity index (χ2v) is 5.40. The van der Waals surface area contributed by atoms with Gasteiger partial charge in [-0.3, -0.25) is 9.59 Å². The van der Waals surface area contributed by atoms with Gasteiger partial charge in [0.15, 0.2) is 0 Å². The molecule has 6 nitrogen and oxygen atoms in total. The first kappa shape index (κ1) is 15.6. The number of hydrogen-bond donors (Lipinski definition) is 1. The molecule has 0 fully saturated rings. The number of amides is 1. The van der Waals surface area contributed by atoms with Gasteiger partial charge >= 0.3 is 5.97 Å². The van der Waals surface area contributed by atoms with E-state index in [0.29, 0.717) is 11.3 Å². The first-order valence-electron chi connectivity index (χ1n) is 6.08. The lowest BCUT2D eigenvalue weighted by Crippen LogP contribution is -2.48. The van der Waals surface area contributed by atoms with E-state index in [1.165, 1.54) is 17.0 Å². The average molecular weight is 275 g/mol. The molecule has 0 aliphatic heterocycles. The molecule has 106 valence electrons. The van der Waals surface area contributed by atoms with Gasteiger partial charge in [0.25, 0.3) is 5.91 Å². The highest BCUT2D eigenvalue weighted by Crippen LogP contribution is 2.17. The van der Waals surface area contributed by atoms with Crippen LogP contribution in [0.4, 0.5) is 0 Å². The minimum absolute atomic E-state index is 0.137. The zero-order chi connectivity index (χ0) is 15.5. The van der Waals surface area contributed by atoms with Crippen molar-refractivity contribution in [3.63, 3.8) is 0 Å². The number of carboxylic acid groups (broad SMARTS) is 1. The van der Waals surface area contributed by atoms with Crippen LogP contribution in [0, 0.1) is 18.3 Å². The Kier molecular flexibility index (Phi) is 4.45. The van der Waals surface area contributed by atoms with E-state index < -0.39 is 24.0 Å². The van der Waals surface area contributed by atoms with Crippen LogP contribution in [0.3, 0.4) is 0 Å². The molecule has 1 amide bonds. The lowest BCUT2D eigenvalue weighted by Gasteiger charge is -2.34. The van der Waals surface area contributed by atoms with Crippen molar-refractivity contribution in [2.45, 2.75) is 33.2 Å². The smallest absolute Gasteiger partial charge is 0.323 e. The summed E-state index contributed by atoms with van der Waals surface area (Å²) in [6, 6.07) is 4.92. The number of pyridine rings is 1. The van der Waals surface area contributed by atoms with Crippen LogP contribution in [0.25, 0.3) is 0 Å². The molecule has 1 aromatic heterocycles. The van der Waals surface area contributed by atoms with Crippen LogP contribution < -0.4 is 0 Å². The largest absolute Gasteiger partial charge is 0.480 e. The second-order valence-electron chi connectivity index (χ2n) is 5.40. The zero-order valence-corrected chi connectivity index (χ0v) is 12.0. The van der Waals surface area contributed by atoms with E-state index in [4.69, 9.17) is 10.4 Å². The Morgan fingerprint density at radius 3 is 2.40 bits per heavy atom. The number of aryl methyl sites for hydroxylation is 1. The summed E-state index contributed by atoms with van der Waals surface area (Å²) < 4.78 is 0. The van der Waals surface area contributed by atoms with Crippen molar-refractivity contribution in [3.05, 3.63) is 29.1 Å². The molecule has 0 bridgehead atoms. The van der Waals surface area contributed by atoms with Crippen LogP contribution in [0.15, 0.2) is 12.1 Å². The number of aromatic nitrogens is 1. The molecular formula is C14H17N3O3. The van der Waals surface area contributed by atoms with Gasteiger partial charge in [-0.2, -0.15) is 5.26 Å². The quantitative estimate of drug-likeness (QED) is 0.903. The fraction of sp³-hybridized carbons (Fsp3) is 0.429. The lowest BCUT2D eigenvalue weighted by atomic mass is 10.0. The fourth-order valence-corrected chi connectivity index (χ4v) is 1.69. The predicted molar refractivity (Wildman–Crippen MR) is 72.1 cm³/mol. The SMILES string of the molecule is Cc1nc(C(=O)N(CC(=O)O)C(C)(C)C)ccc1C#N. The van der Waals surface area contributed by atoms with Gasteiger partial charge in [0, 0.05) is 5.54 Å². The van der Waals surface area contributed by atoms with E-state index in [-0.39, 0.29) is 5.69 Å². The van der Waals surface area contributed by atoms with E-state index in [1.54, 1.807) is 27.7 Å². The molecule has 0 saturated heterocycles. The predicted octanol–water partition coefficient (Wildman–Crippen LogP) is 1.59. The number of carboxylic acids is 1. The zero-order valence-electron chi connectivity index (χ0n) is 12.0. The Hall–Kier alpha value is -2.42. The number of nitrogens with zero attached hydrogens (tertiary/aromatic N) is 3. The van der Waals surface area contributed by atoms with Crippen molar-refractivity contribution in [2.24, 2.45) is 0 Å². The monoisotopic (exact) mass is 275 g/mol. The highest BCUT2D eigenvalue weighted by molar-refractivity contribution is 5.94. The number of carbonyl (C=O) groups excluding carboxylic acids is 1. The molecule has 0 aliphatic rings. The molecule has 0 aliphatic carbocycles. The molecule has 0 atom stereocenters. The Morgan fingerprint density at radius 2 is 2.00 bits per heavy atom. The third kappa shape index (κ3) is 3.54. The maximum Gasteiger partial charge on any atom is 0.323 e. The maximum absolute atomic E-state index is 12.4. The van der Waals surface area contributed by atoms with Gasteiger partial charge in [-0.15, -0.1) is 0 Å². The molecule has 1 aromatic rings. The Labute approximate surface area is 117 Å². The highest BCUT2D eigenvalue weighted by Gasteiger charge is 2.30. The van der Waals surface area contributed by atoms with Gasteiger partial charge in [0.2, 0.25) is 0 Å². The third-order valence-electron chi connectivity index (χ3n) is 2.77. The Bertz CT molecular complexity index is 582. The maximum atomic E-state index is 12.4. The fourth-order valence-electron chi connectivity index (χ4n) is 1.69. The summed E-state index contributed by atoms with van der Waals surface area (Å²) in [5.41, 5.74) is 0.334. The number of aliphatic carboxylic acids is 1. The topological polar surface area (TPSA) is 94.3 Å². The molecule has 1 N–H and O–H groups in total. The van der Waals surface area contributed by atoms with Crippen molar-refractivity contribution in [1.82, 2.24) is 9.88 Å². The summed E-state index contributed by atoms with van der Waals surface area (Å²) in [6.07, 6.45) is 0. The minimum Gasteiger partial charge on any atom is -0.480 e. The molecule has 1 heterocycles. The molecule has 0 aromatic carbocycles. The van der Waals surface area contributed by atoms with E-state index in [2.05, 4.69) is 4.98 Å². The summed E-state index contributed by atoms with van der Waals surface area (Å²) in [5.74, 6) is -1.55. The van der Waals surface area contributed by atoms with Crippen molar-refractivity contribution in [1.29, 1.82) is 5.26 Å². The molecule has 0 unspecified atom stereocenters. The van der Waals surface area contributed by atoms with Crippen LogP contribution in [0.2, 0.25) is 0 Å². The van der Waals surface area contributed by atoms with Gasteiger partial charge in [-0.05, 0) is 39.8 Å². The van der Waals surface area contributed by atoms with E-state index in [1.807, 2.05) is 6.07 Å². The van der Waals surface area contributed by atoms with Crippen LogP contribution in [-0.4, -0.2) is 39.0 Å². The number of nitriles is 1. The van der Waals surface area contributed by atoms with Gasteiger partial charge in [-0.1, -0.05) is 0 Å². The Morgan fingerprint density at radius 1 is 1.40 bits per heavy atom. The minimum atomic E-state index is -1.08. The normalized spacial score (nSPS) is 10.8. The molecular weight excluding hydrogens is 258 g/mol. The number of carbonyl (C=O) groups is 2. The molecule has 0 radical (unpaired) electrons. The van der Waals surface area contributed by atoms with Crippen LogP contribution >= 0.6 is 0 Å². The summed E-state index contributed by atoms with van der Waals surface area (Å²) >= 11 is 0. The molecule has 0 saturated carbocycles. The second kappa shape index (κ2) is 5.70. The standard InChI is InChI=1S/C14H17N3O3/c1-9-10(7-15)5-6-11(16-9)13(20)17(8-12(18)19)14(2,3)4/h5-6H,8H2,1-4H3,(H,18,19). The van der Waals surface area contributed by atoms with Gasteiger partial charge in [0.05, 0.1) is 11.3 Å². The summed E-state index contributed by atoms with van der Waals surface area (Å²) in [4.78, 5) is 28.6. The van der Waals surface area contributed by atoms with Gasteiger partial charge < -0.3 is 10.0 Å². The lowest BCUT2D eigenvalue weighted by molar-refractivity contribution is -0.138. The van der Waals surface area contributed by atoms with Crippen LogP contribution in [-0.2, 0) is 4.79 Å². The van der Waals surface area contributed by atoms with Gasteiger partial charge in [0.1, 0.15) is 18.3 Å². The van der Waals surface area contributed by atoms with Crippen LogP contribution in [0.5, 0.6) is 0 Å². The number of hydrogen-bond acceptors (Lipinski definition) is 4. The van der Waals surface area contributed by atoms with Crippen molar-refractivity contribution < 1.29 is 14.7 Å². The third-order valence-corrected chi connectivity index (χ3v) is 2.77. The van der Waals surface area contributed by atoms with E-state index in [9.17, 15) is 9.59 Å². The summed E-state index contributed by atoms with van der Waals surface area (Å²) in [5, 5.41) is 17.8. The van der Waals surface area contributed by atoms with E-state index >= 15 is 0 Å². The van der Waals surface area contributed by atoms with Crippen molar-refractivity contribution >= 4 is 11.9 Å². The average Bonchev–Trinajstić information content (AvgIpc) is 2.33. The molecule has 6 heteroatoms. The van der Waals surface area contributed by atoms with Gasteiger partial charge in [-0.25, -0.2) is 4.98 Å². The first-order chi connectivity index (χ1) is 9.16.